The Kier molecular flexibility index (Phi) is 9.77. The summed E-state index contributed by atoms with van der Waals surface area (Å²) in [6, 6.07) is 21.9. The Morgan fingerprint density at radius 1 is 0.900 bits per heavy atom. The van der Waals surface area contributed by atoms with Crippen LogP contribution in [-0.4, -0.2) is 88.7 Å². The molecule has 40 heavy (non-hydrogen) atoms. The minimum absolute atomic E-state index is 0.118. The van der Waals surface area contributed by atoms with Crippen molar-refractivity contribution in [3.63, 3.8) is 0 Å². The highest BCUT2D eigenvalue weighted by atomic mass is 16.6. The summed E-state index contributed by atoms with van der Waals surface area (Å²) < 4.78 is 5.57. The quantitative estimate of drug-likeness (QED) is 0.428. The monoisotopic (exact) mass is 548 g/mol. The van der Waals surface area contributed by atoms with Crippen LogP contribution in [-0.2, 0) is 4.74 Å². The number of rotatable bonds is 6. The first-order valence-corrected chi connectivity index (χ1v) is 15.0. The van der Waals surface area contributed by atoms with Gasteiger partial charge in [-0.25, -0.2) is 9.59 Å². The number of benzene rings is 2. The molecule has 2 aromatic carbocycles. The average Bonchev–Trinajstić information content (AvgIpc) is 2.94. The van der Waals surface area contributed by atoms with Crippen molar-refractivity contribution in [1.29, 1.82) is 0 Å². The number of urea groups is 1. The highest BCUT2D eigenvalue weighted by Gasteiger charge is 2.39. The number of nitrogens with zero attached hydrogens (tertiary/aromatic N) is 4. The van der Waals surface area contributed by atoms with Crippen LogP contribution in [0.15, 0.2) is 60.7 Å². The van der Waals surface area contributed by atoms with Crippen LogP contribution in [0.1, 0.15) is 71.6 Å². The molecular formula is C33H48N4O3. The van der Waals surface area contributed by atoms with Gasteiger partial charge in [-0.15, -0.1) is 0 Å². The maximum Gasteiger partial charge on any atom is 0.410 e. The first kappa shape index (κ1) is 29.9. The van der Waals surface area contributed by atoms with Crippen LogP contribution in [0.3, 0.4) is 0 Å². The van der Waals surface area contributed by atoms with Gasteiger partial charge in [0, 0.05) is 51.4 Å². The number of hydrogen-bond acceptors (Lipinski definition) is 4. The molecule has 2 aromatic rings. The first-order valence-electron chi connectivity index (χ1n) is 15.0. The molecule has 2 aliphatic rings. The van der Waals surface area contributed by atoms with Crippen LogP contribution >= 0.6 is 0 Å². The van der Waals surface area contributed by atoms with Crippen LogP contribution in [0.5, 0.6) is 0 Å². The minimum atomic E-state index is -0.507. The van der Waals surface area contributed by atoms with E-state index in [4.69, 9.17) is 4.74 Å². The molecule has 0 bridgehead atoms. The molecule has 0 radical (unpaired) electrons. The summed E-state index contributed by atoms with van der Waals surface area (Å²) in [7, 11) is 0. The summed E-state index contributed by atoms with van der Waals surface area (Å²) in [6.07, 6.45) is 1.28. The van der Waals surface area contributed by atoms with Gasteiger partial charge in [-0.3, -0.25) is 4.90 Å². The lowest BCUT2D eigenvalue weighted by Crippen LogP contribution is -2.62. The maximum atomic E-state index is 14.1. The van der Waals surface area contributed by atoms with Crippen molar-refractivity contribution in [1.82, 2.24) is 19.6 Å². The molecule has 2 saturated heterocycles. The smallest absolute Gasteiger partial charge is 0.410 e. The number of amides is 3. The van der Waals surface area contributed by atoms with E-state index in [2.05, 4.69) is 91.2 Å². The van der Waals surface area contributed by atoms with Crippen molar-refractivity contribution in [2.45, 2.75) is 78.1 Å². The molecule has 2 heterocycles. The third-order valence-corrected chi connectivity index (χ3v) is 8.20. The molecule has 0 aliphatic carbocycles. The molecule has 0 aromatic heterocycles. The van der Waals surface area contributed by atoms with Gasteiger partial charge >= 0.3 is 12.1 Å². The van der Waals surface area contributed by atoms with Crippen molar-refractivity contribution in [2.75, 3.05) is 39.3 Å². The summed E-state index contributed by atoms with van der Waals surface area (Å²) in [5.74, 6) is 0.326. The van der Waals surface area contributed by atoms with Gasteiger partial charge in [0.25, 0.3) is 0 Å². The number of hydrogen-bond donors (Lipinski definition) is 0. The van der Waals surface area contributed by atoms with Gasteiger partial charge in [0.2, 0.25) is 0 Å². The van der Waals surface area contributed by atoms with Gasteiger partial charge < -0.3 is 19.4 Å². The van der Waals surface area contributed by atoms with E-state index < -0.39 is 5.60 Å². The van der Waals surface area contributed by atoms with Gasteiger partial charge in [-0.1, -0.05) is 74.5 Å². The lowest BCUT2D eigenvalue weighted by Gasteiger charge is -2.48. The fourth-order valence-corrected chi connectivity index (χ4v) is 6.16. The zero-order valence-electron chi connectivity index (χ0n) is 25.3. The number of piperazine rings is 1. The highest BCUT2D eigenvalue weighted by molar-refractivity contribution is 5.75. The van der Waals surface area contributed by atoms with E-state index in [0.29, 0.717) is 32.1 Å². The van der Waals surface area contributed by atoms with Crippen LogP contribution in [0, 0.1) is 5.92 Å². The second kappa shape index (κ2) is 13.1. The molecular weight excluding hydrogens is 500 g/mol. The largest absolute Gasteiger partial charge is 0.444 e. The van der Waals surface area contributed by atoms with Gasteiger partial charge in [0.15, 0.2) is 0 Å². The lowest BCUT2D eigenvalue weighted by molar-refractivity contribution is 0.0119. The van der Waals surface area contributed by atoms with E-state index in [1.807, 2.05) is 25.7 Å². The molecule has 218 valence electrons. The molecule has 0 saturated carbocycles. The van der Waals surface area contributed by atoms with Crippen molar-refractivity contribution in [3.05, 3.63) is 71.8 Å². The number of carbonyl (C=O) groups is 2. The van der Waals surface area contributed by atoms with Gasteiger partial charge in [-0.05, 0) is 57.6 Å². The molecule has 3 amide bonds. The maximum absolute atomic E-state index is 14.1. The van der Waals surface area contributed by atoms with E-state index in [1.54, 1.807) is 4.90 Å². The predicted molar refractivity (Wildman–Crippen MR) is 160 cm³/mol. The summed E-state index contributed by atoms with van der Waals surface area (Å²) in [5.41, 5.74) is 2.05. The molecule has 0 N–H and O–H groups in total. The summed E-state index contributed by atoms with van der Waals surface area (Å²) in [6.45, 7) is 16.4. The summed E-state index contributed by atoms with van der Waals surface area (Å²) in [4.78, 5) is 35.2. The fraction of sp³-hybridized carbons (Fsp3) is 0.576. The molecule has 4 rings (SSSR count). The third-order valence-electron chi connectivity index (χ3n) is 8.20. The average molecular weight is 549 g/mol. The summed E-state index contributed by atoms with van der Waals surface area (Å²) >= 11 is 0. The van der Waals surface area contributed by atoms with Crippen molar-refractivity contribution < 1.29 is 14.3 Å². The van der Waals surface area contributed by atoms with Crippen molar-refractivity contribution >= 4 is 12.1 Å². The minimum Gasteiger partial charge on any atom is -0.444 e. The second-order valence-electron chi connectivity index (χ2n) is 12.5. The zero-order chi connectivity index (χ0) is 28.9. The van der Waals surface area contributed by atoms with Crippen LogP contribution in [0.2, 0.25) is 0 Å². The van der Waals surface area contributed by atoms with Crippen LogP contribution in [0.4, 0.5) is 9.59 Å². The van der Waals surface area contributed by atoms with Crippen molar-refractivity contribution in [2.24, 2.45) is 5.92 Å². The second-order valence-corrected chi connectivity index (χ2v) is 12.5. The van der Waals surface area contributed by atoms with Crippen LogP contribution < -0.4 is 0 Å². The Morgan fingerprint density at radius 2 is 1.45 bits per heavy atom. The third kappa shape index (κ3) is 7.17. The Hall–Kier alpha value is -3.06. The number of carbonyl (C=O) groups excluding carboxylic acids is 2. The summed E-state index contributed by atoms with van der Waals surface area (Å²) in [5, 5.41) is 0. The number of ether oxygens (including phenoxy) is 1. The molecule has 2 fully saturated rings. The molecule has 7 nitrogen and oxygen atoms in total. The topological polar surface area (TPSA) is 56.3 Å². The van der Waals surface area contributed by atoms with E-state index in [1.165, 1.54) is 11.1 Å². The normalized spacial score (nSPS) is 19.2. The van der Waals surface area contributed by atoms with E-state index in [-0.39, 0.29) is 30.2 Å². The fourth-order valence-electron chi connectivity index (χ4n) is 6.16. The van der Waals surface area contributed by atoms with E-state index in [0.717, 1.165) is 25.9 Å². The van der Waals surface area contributed by atoms with Gasteiger partial charge in [-0.2, -0.15) is 0 Å². The van der Waals surface area contributed by atoms with E-state index in [9.17, 15) is 9.59 Å². The molecule has 7 heteroatoms. The van der Waals surface area contributed by atoms with Crippen LogP contribution in [0.25, 0.3) is 0 Å². The zero-order valence-corrected chi connectivity index (χ0v) is 25.3. The Balaban J connectivity index is 1.46. The number of likely N-dealkylation sites (tertiary alicyclic amines) is 1. The first-order chi connectivity index (χ1) is 19.1. The Bertz CT molecular complexity index is 1050. The lowest BCUT2D eigenvalue weighted by atomic mass is 9.93. The molecule has 2 aliphatic heterocycles. The molecule has 1 atom stereocenters. The standard InChI is InChI=1S/C33H48N4O3/c1-7-36(28-18-20-34(21-19-28)32(39)40-33(4,5)6)31(38)37-23-22-35(24-29(37)25(2)3)30(26-14-10-8-11-15-26)27-16-12-9-13-17-27/h8-17,25,28-30H,7,18-24H2,1-6H3/t29-/m1/s1. The predicted octanol–water partition coefficient (Wildman–Crippen LogP) is 6.26. The highest BCUT2D eigenvalue weighted by Crippen LogP contribution is 2.33. The van der Waals surface area contributed by atoms with Crippen molar-refractivity contribution in [3.8, 4) is 0 Å². The van der Waals surface area contributed by atoms with Gasteiger partial charge in [0.1, 0.15) is 5.60 Å². The van der Waals surface area contributed by atoms with Gasteiger partial charge in [0.05, 0.1) is 6.04 Å². The SMILES string of the molecule is CCN(C(=O)N1CCN(C(c2ccccc2)c2ccccc2)C[C@@H]1C(C)C)C1CCN(C(=O)OC(C)(C)C)CC1. The molecule has 0 spiro atoms. The molecule has 0 unspecified atom stereocenters. The Morgan fingerprint density at radius 3 is 1.93 bits per heavy atom. The van der Waals surface area contributed by atoms with E-state index >= 15 is 0 Å². The Labute approximate surface area is 241 Å². The number of piperidine rings is 1.